The van der Waals surface area contributed by atoms with Gasteiger partial charge in [-0.15, -0.1) is 0 Å². The van der Waals surface area contributed by atoms with E-state index in [1.807, 2.05) is 12.4 Å². The summed E-state index contributed by atoms with van der Waals surface area (Å²) in [5.41, 5.74) is 1.98. The van der Waals surface area contributed by atoms with E-state index in [1.165, 1.54) is 6.92 Å². The Bertz CT molecular complexity index is 225. The molecule has 0 bridgehead atoms. The minimum Gasteiger partial charge on any atom is -0.341 e. The largest absolute Gasteiger partial charge is 0.341 e. The molecular weight excluding hydrogens is 186 g/mol. The van der Waals surface area contributed by atoms with E-state index in [2.05, 4.69) is 4.84 Å². The maximum absolute atomic E-state index is 10.9. The van der Waals surface area contributed by atoms with Gasteiger partial charge >= 0.3 is 5.97 Å². The molecule has 5 nitrogen and oxygen atoms in total. The fraction of sp³-hybridized carbons (Fsp3) is 0.667. The summed E-state index contributed by atoms with van der Waals surface area (Å²) >= 11 is 0. The molecule has 5 heteroatoms. The number of nitrogens with one attached hydrogen (secondary N) is 1. The summed E-state index contributed by atoms with van der Waals surface area (Å²) in [6.45, 7) is 3.23. The van der Waals surface area contributed by atoms with Gasteiger partial charge in [-0.2, -0.15) is 5.48 Å². The second kappa shape index (κ2) is 7.06. The molecule has 1 amide bonds. The van der Waals surface area contributed by atoms with Crippen LogP contribution in [0.2, 0.25) is 0 Å². The van der Waals surface area contributed by atoms with E-state index in [0.29, 0.717) is 6.42 Å². The van der Waals surface area contributed by atoms with Gasteiger partial charge in [-0.05, 0) is 13.3 Å². The van der Waals surface area contributed by atoms with Crippen LogP contribution in [0.5, 0.6) is 0 Å². The van der Waals surface area contributed by atoms with E-state index < -0.39 is 11.9 Å². The standard InChI is InChI=1S/C9H15NO4/c1-3-4-9(13)14-10-8(12)6-5-7(2)11/h3-6H2,1-2H3,(H,10,12). The van der Waals surface area contributed by atoms with Gasteiger partial charge in [0.2, 0.25) is 0 Å². The summed E-state index contributed by atoms with van der Waals surface area (Å²) < 4.78 is 0. The number of carbonyl (C=O) groups excluding carboxylic acids is 3. The Morgan fingerprint density at radius 1 is 1.14 bits per heavy atom. The molecule has 0 radical (unpaired) electrons. The zero-order valence-corrected chi connectivity index (χ0v) is 8.46. The molecule has 0 saturated carbocycles. The van der Waals surface area contributed by atoms with E-state index in [-0.39, 0.29) is 25.0 Å². The molecule has 80 valence electrons. The molecule has 0 aromatic heterocycles. The number of ketones is 1. The maximum Gasteiger partial charge on any atom is 0.332 e. The average molecular weight is 201 g/mol. The molecule has 0 aliphatic carbocycles. The van der Waals surface area contributed by atoms with Crippen LogP contribution in [0.3, 0.4) is 0 Å². The zero-order chi connectivity index (χ0) is 11.0. The summed E-state index contributed by atoms with van der Waals surface area (Å²) in [6.07, 6.45) is 1.15. The Labute approximate surface area is 82.8 Å². The summed E-state index contributed by atoms with van der Waals surface area (Å²) in [4.78, 5) is 36.6. The Morgan fingerprint density at radius 2 is 1.79 bits per heavy atom. The lowest BCUT2D eigenvalue weighted by Crippen LogP contribution is -2.27. The van der Waals surface area contributed by atoms with Gasteiger partial charge in [0.25, 0.3) is 5.91 Å². The van der Waals surface area contributed by atoms with Gasteiger partial charge in [-0.25, -0.2) is 4.79 Å². The number of hydroxylamine groups is 1. The molecule has 0 heterocycles. The van der Waals surface area contributed by atoms with Crippen molar-refractivity contribution >= 4 is 17.7 Å². The molecule has 0 aliphatic heterocycles. The highest BCUT2D eigenvalue weighted by Crippen LogP contribution is 1.92. The van der Waals surface area contributed by atoms with Crippen LogP contribution in [0, 0.1) is 0 Å². The average Bonchev–Trinajstić information content (AvgIpc) is 2.12. The minimum absolute atomic E-state index is 0.0503. The van der Waals surface area contributed by atoms with Crippen molar-refractivity contribution in [2.45, 2.75) is 39.5 Å². The monoisotopic (exact) mass is 201 g/mol. The Balaban J connectivity index is 3.53. The lowest BCUT2D eigenvalue weighted by atomic mass is 10.2. The first-order valence-electron chi connectivity index (χ1n) is 4.54. The van der Waals surface area contributed by atoms with Crippen molar-refractivity contribution in [2.24, 2.45) is 0 Å². The predicted molar refractivity (Wildman–Crippen MR) is 49.1 cm³/mol. The van der Waals surface area contributed by atoms with E-state index in [4.69, 9.17) is 0 Å². The quantitative estimate of drug-likeness (QED) is 0.665. The first kappa shape index (κ1) is 12.6. The van der Waals surface area contributed by atoms with Crippen LogP contribution in [0.4, 0.5) is 0 Å². The topological polar surface area (TPSA) is 72.5 Å². The normalized spacial score (nSPS) is 9.29. The molecule has 0 aliphatic rings. The molecule has 0 aromatic carbocycles. The SMILES string of the molecule is CCCC(=O)ONC(=O)CCC(C)=O. The van der Waals surface area contributed by atoms with Crippen LogP contribution in [0.15, 0.2) is 0 Å². The smallest absolute Gasteiger partial charge is 0.332 e. The summed E-state index contributed by atoms with van der Waals surface area (Å²) in [5.74, 6) is -0.992. The van der Waals surface area contributed by atoms with Gasteiger partial charge in [0.15, 0.2) is 0 Å². The second-order valence-electron chi connectivity index (χ2n) is 2.95. The number of carbonyl (C=O) groups is 3. The van der Waals surface area contributed by atoms with Crippen LogP contribution < -0.4 is 5.48 Å². The summed E-state index contributed by atoms with van der Waals surface area (Å²) in [5, 5.41) is 0. The lowest BCUT2D eigenvalue weighted by molar-refractivity contribution is -0.158. The van der Waals surface area contributed by atoms with Crippen molar-refractivity contribution < 1.29 is 19.2 Å². The van der Waals surface area contributed by atoms with Crippen LogP contribution >= 0.6 is 0 Å². The van der Waals surface area contributed by atoms with Crippen LogP contribution in [-0.4, -0.2) is 17.7 Å². The molecule has 0 atom stereocenters. The molecule has 0 aromatic rings. The Hall–Kier alpha value is -1.39. The zero-order valence-electron chi connectivity index (χ0n) is 8.46. The maximum atomic E-state index is 10.9. The highest BCUT2D eigenvalue weighted by Gasteiger charge is 2.06. The van der Waals surface area contributed by atoms with Crippen molar-refractivity contribution in [3.63, 3.8) is 0 Å². The predicted octanol–water partition coefficient (Wildman–Crippen LogP) is 0.730. The van der Waals surface area contributed by atoms with Gasteiger partial charge < -0.3 is 9.63 Å². The highest BCUT2D eigenvalue weighted by molar-refractivity contribution is 5.83. The third-order valence-electron chi connectivity index (χ3n) is 1.44. The van der Waals surface area contributed by atoms with Crippen molar-refractivity contribution in [1.82, 2.24) is 5.48 Å². The molecule has 0 spiro atoms. The molecule has 0 fully saturated rings. The lowest BCUT2D eigenvalue weighted by Gasteiger charge is -2.03. The molecule has 0 rings (SSSR count). The van der Waals surface area contributed by atoms with Gasteiger partial charge in [-0.3, -0.25) is 4.79 Å². The molecule has 0 saturated heterocycles. The highest BCUT2D eigenvalue weighted by atomic mass is 16.7. The fourth-order valence-electron chi connectivity index (χ4n) is 0.710. The van der Waals surface area contributed by atoms with E-state index in [1.54, 1.807) is 0 Å². The van der Waals surface area contributed by atoms with Gasteiger partial charge in [0, 0.05) is 19.3 Å². The van der Waals surface area contributed by atoms with Crippen LogP contribution in [0.1, 0.15) is 39.5 Å². The van der Waals surface area contributed by atoms with Crippen LogP contribution in [0.25, 0.3) is 0 Å². The number of Topliss-reactive ketones (excluding diaryl/α,β-unsaturated/α-hetero) is 1. The number of hydrogen-bond donors (Lipinski definition) is 1. The third-order valence-corrected chi connectivity index (χ3v) is 1.44. The summed E-state index contributed by atoms with van der Waals surface area (Å²) in [7, 11) is 0. The number of hydrogen-bond acceptors (Lipinski definition) is 4. The van der Waals surface area contributed by atoms with Crippen molar-refractivity contribution in [3.8, 4) is 0 Å². The van der Waals surface area contributed by atoms with Gasteiger partial charge in [0.05, 0.1) is 0 Å². The van der Waals surface area contributed by atoms with E-state index in [9.17, 15) is 14.4 Å². The first-order valence-corrected chi connectivity index (χ1v) is 4.54. The Morgan fingerprint density at radius 3 is 2.29 bits per heavy atom. The first-order chi connectivity index (χ1) is 6.56. The molecular formula is C9H15NO4. The number of rotatable bonds is 5. The molecule has 1 N–H and O–H groups in total. The minimum atomic E-state index is -0.469. The Kier molecular flexibility index (Phi) is 6.36. The number of amides is 1. The molecule has 0 unspecified atom stereocenters. The summed E-state index contributed by atoms with van der Waals surface area (Å²) in [6, 6.07) is 0. The van der Waals surface area contributed by atoms with Crippen molar-refractivity contribution in [2.75, 3.05) is 0 Å². The fourth-order valence-corrected chi connectivity index (χ4v) is 0.710. The van der Waals surface area contributed by atoms with Crippen LogP contribution in [-0.2, 0) is 19.2 Å². The van der Waals surface area contributed by atoms with Crippen molar-refractivity contribution in [3.05, 3.63) is 0 Å². The third kappa shape index (κ3) is 7.27. The van der Waals surface area contributed by atoms with Crippen molar-refractivity contribution in [1.29, 1.82) is 0 Å². The second-order valence-corrected chi connectivity index (χ2v) is 2.95. The van der Waals surface area contributed by atoms with Gasteiger partial charge in [-0.1, -0.05) is 6.92 Å². The van der Waals surface area contributed by atoms with Gasteiger partial charge in [0.1, 0.15) is 5.78 Å². The van der Waals surface area contributed by atoms with E-state index >= 15 is 0 Å². The van der Waals surface area contributed by atoms with E-state index in [0.717, 1.165) is 0 Å². The molecule has 14 heavy (non-hydrogen) atoms.